The molecule has 1 atom stereocenters. The third-order valence-corrected chi connectivity index (χ3v) is 6.75. The highest BCUT2D eigenvalue weighted by Gasteiger charge is 2.54. The quantitative estimate of drug-likeness (QED) is 0.720. The molecular weight excluding hydrogens is 340 g/mol. The van der Waals surface area contributed by atoms with Crippen LogP contribution in [-0.4, -0.2) is 29.6 Å². The van der Waals surface area contributed by atoms with Gasteiger partial charge in [0, 0.05) is 24.1 Å². The molecule has 1 aromatic rings. The van der Waals surface area contributed by atoms with Crippen LogP contribution >= 0.6 is 0 Å². The number of benzene rings is 1. The normalized spacial score (nSPS) is 32.1. The minimum atomic E-state index is -0.562. The van der Waals surface area contributed by atoms with Crippen molar-refractivity contribution < 1.29 is 14.7 Å². The zero-order valence-electron chi connectivity index (χ0n) is 16.0. The van der Waals surface area contributed by atoms with Crippen LogP contribution in [-0.2, 0) is 11.3 Å². The average molecular weight is 370 g/mol. The van der Waals surface area contributed by atoms with Crippen molar-refractivity contribution in [1.82, 2.24) is 10.6 Å². The van der Waals surface area contributed by atoms with Crippen LogP contribution < -0.4 is 10.6 Å². The third-order valence-electron chi connectivity index (χ3n) is 6.75. The van der Waals surface area contributed by atoms with E-state index < -0.39 is 6.10 Å². The van der Waals surface area contributed by atoms with Gasteiger partial charge in [0.15, 0.2) is 0 Å². The molecule has 0 unspecified atom stereocenters. The predicted molar refractivity (Wildman–Crippen MR) is 103 cm³/mol. The van der Waals surface area contributed by atoms with Crippen molar-refractivity contribution in [2.75, 3.05) is 6.54 Å². The molecule has 0 aliphatic heterocycles. The zero-order chi connectivity index (χ0) is 19.0. The van der Waals surface area contributed by atoms with Crippen molar-refractivity contribution in [1.29, 1.82) is 0 Å². The fourth-order valence-electron chi connectivity index (χ4n) is 5.88. The van der Waals surface area contributed by atoms with E-state index in [0.717, 1.165) is 42.6 Å². The summed E-state index contributed by atoms with van der Waals surface area (Å²) in [4.78, 5) is 25.0. The number of carbonyl (C=O) groups is 2. The highest BCUT2D eigenvalue weighted by Crippen LogP contribution is 2.60. The monoisotopic (exact) mass is 370 g/mol. The summed E-state index contributed by atoms with van der Waals surface area (Å²) in [6.07, 6.45) is 6.68. The first-order chi connectivity index (χ1) is 12.9. The Bertz CT molecular complexity index is 675. The highest BCUT2D eigenvalue weighted by molar-refractivity contribution is 5.94. The number of hydrogen-bond acceptors (Lipinski definition) is 3. The molecule has 0 radical (unpaired) electrons. The summed E-state index contributed by atoms with van der Waals surface area (Å²) in [6.45, 7) is 2.38. The van der Waals surface area contributed by atoms with E-state index in [9.17, 15) is 14.7 Å². The molecule has 0 saturated heterocycles. The Kier molecular flexibility index (Phi) is 4.97. The zero-order valence-corrected chi connectivity index (χ0v) is 16.0. The lowest BCUT2D eigenvalue weighted by Crippen LogP contribution is -2.53. The number of carbonyl (C=O) groups excluding carboxylic acids is 2. The molecule has 3 N–H and O–H groups in total. The second kappa shape index (κ2) is 7.27. The van der Waals surface area contributed by atoms with Gasteiger partial charge in [0.1, 0.15) is 0 Å². The highest BCUT2D eigenvalue weighted by atomic mass is 16.3. The number of rotatable bonds is 6. The Morgan fingerprint density at radius 1 is 1.04 bits per heavy atom. The molecule has 4 aliphatic rings. The summed E-state index contributed by atoms with van der Waals surface area (Å²) in [5, 5.41) is 15.1. The van der Waals surface area contributed by atoms with E-state index in [2.05, 4.69) is 10.6 Å². The van der Waals surface area contributed by atoms with Crippen LogP contribution in [0.3, 0.4) is 0 Å². The van der Waals surface area contributed by atoms with Crippen LogP contribution in [0.15, 0.2) is 24.3 Å². The Morgan fingerprint density at radius 2 is 1.59 bits per heavy atom. The first kappa shape index (κ1) is 18.5. The molecule has 4 saturated carbocycles. The van der Waals surface area contributed by atoms with Gasteiger partial charge >= 0.3 is 0 Å². The smallest absolute Gasteiger partial charge is 0.251 e. The maximum Gasteiger partial charge on any atom is 0.251 e. The fraction of sp³-hybridized carbons (Fsp3) is 0.636. The molecule has 4 bridgehead atoms. The summed E-state index contributed by atoms with van der Waals surface area (Å²) in [7, 11) is 0. The van der Waals surface area contributed by atoms with E-state index in [4.69, 9.17) is 0 Å². The SMILES string of the molecule is C[C@@H](O)CNC(=O)c1ccc(CNC(=O)C23CC4CC(CC(C4)C2)C3)cc1. The molecule has 0 spiro atoms. The molecule has 146 valence electrons. The number of aliphatic hydroxyl groups is 1. The Balaban J connectivity index is 1.32. The van der Waals surface area contributed by atoms with Gasteiger partial charge in [-0.05, 0) is 80.9 Å². The van der Waals surface area contributed by atoms with Crippen LogP contribution in [0.1, 0.15) is 61.4 Å². The molecule has 1 aromatic carbocycles. The Morgan fingerprint density at radius 3 is 2.11 bits per heavy atom. The molecular formula is C22H30N2O3. The van der Waals surface area contributed by atoms with E-state index in [1.54, 1.807) is 19.1 Å². The Labute approximate surface area is 160 Å². The van der Waals surface area contributed by atoms with E-state index in [-0.39, 0.29) is 23.8 Å². The van der Waals surface area contributed by atoms with E-state index in [1.165, 1.54) is 19.3 Å². The Hall–Kier alpha value is -1.88. The molecule has 5 nitrogen and oxygen atoms in total. The van der Waals surface area contributed by atoms with Crippen molar-refractivity contribution in [2.24, 2.45) is 23.2 Å². The lowest BCUT2D eigenvalue weighted by Gasteiger charge is -2.55. The predicted octanol–water partition coefficient (Wildman–Crippen LogP) is 2.63. The topological polar surface area (TPSA) is 78.4 Å². The van der Waals surface area contributed by atoms with Gasteiger partial charge < -0.3 is 15.7 Å². The van der Waals surface area contributed by atoms with Gasteiger partial charge in [-0.25, -0.2) is 0 Å². The second-order valence-electron chi connectivity index (χ2n) is 9.14. The summed E-state index contributed by atoms with van der Waals surface area (Å²) in [6, 6.07) is 7.31. The average Bonchev–Trinajstić information content (AvgIpc) is 2.63. The van der Waals surface area contributed by atoms with Gasteiger partial charge in [-0.3, -0.25) is 9.59 Å². The summed E-state index contributed by atoms with van der Waals surface area (Å²) >= 11 is 0. The fourth-order valence-corrected chi connectivity index (χ4v) is 5.88. The summed E-state index contributed by atoms with van der Waals surface area (Å²) in [5.41, 5.74) is 1.45. The second-order valence-corrected chi connectivity index (χ2v) is 9.14. The van der Waals surface area contributed by atoms with Crippen LogP contribution in [0.4, 0.5) is 0 Å². The lowest BCUT2D eigenvalue weighted by molar-refractivity contribution is -0.146. The molecule has 27 heavy (non-hydrogen) atoms. The molecule has 2 amide bonds. The maximum absolute atomic E-state index is 13.0. The van der Waals surface area contributed by atoms with Gasteiger partial charge in [0.25, 0.3) is 5.91 Å². The number of amides is 2. The molecule has 5 rings (SSSR count). The van der Waals surface area contributed by atoms with E-state index in [1.807, 2.05) is 12.1 Å². The lowest BCUT2D eigenvalue weighted by atomic mass is 9.49. The largest absolute Gasteiger partial charge is 0.392 e. The van der Waals surface area contributed by atoms with Gasteiger partial charge in [-0.1, -0.05) is 12.1 Å². The van der Waals surface area contributed by atoms with Crippen LogP contribution in [0.25, 0.3) is 0 Å². The van der Waals surface area contributed by atoms with Crippen molar-refractivity contribution in [3.8, 4) is 0 Å². The standard InChI is InChI=1S/C22H30N2O3/c1-14(25)12-23-20(26)19-4-2-15(3-5-19)13-24-21(27)22-9-16-6-17(10-22)8-18(7-16)11-22/h2-5,14,16-18,25H,6-13H2,1H3,(H,23,26)(H,24,27)/t14-,16?,17?,18?,22?/m1/s1. The van der Waals surface area contributed by atoms with Crippen LogP contribution in [0, 0.1) is 23.2 Å². The molecule has 4 aliphatic carbocycles. The van der Waals surface area contributed by atoms with Gasteiger partial charge in [-0.15, -0.1) is 0 Å². The van der Waals surface area contributed by atoms with Gasteiger partial charge in [-0.2, -0.15) is 0 Å². The number of aliphatic hydroxyl groups excluding tert-OH is 1. The third kappa shape index (κ3) is 3.88. The van der Waals surface area contributed by atoms with Crippen molar-refractivity contribution in [3.05, 3.63) is 35.4 Å². The summed E-state index contributed by atoms with van der Waals surface area (Å²) in [5.74, 6) is 2.34. The van der Waals surface area contributed by atoms with Gasteiger partial charge in [0.2, 0.25) is 5.91 Å². The minimum absolute atomic E-state index is 0.116. The van der Waals surface area contributed by atoms with E-state index in [0.29, 0.717) is 12.1 Å². The van der Waals surface area contributed by atoms with Crippen molar-refractivity contribution in [3.63, 3.8) is 0 Å². The summed E-state index contributed by atoms with van der Waals surface area (Å²) < 4.78 is 0. The maximum atomic E-state index is 13.0. The molecule has 0 heterocycles. The molecule has 0 aromatic heterocycles. The van der Waals surface area contributed by atoms with Crippen LogP contribution in [0.5, 0.6) is 0 Å². The minimum Gasteiger partial charge on any atom is -0.392 e. The first-order valence-corrected chi connectivity index (χ1v) is 10.3. The van der Waals surface area contributed by atoms with Crippen molar-refractivity contribution >= 4 is 11.8 Å². The first-order valence-electron chi connectivity index (χ1n) is 10.3. The van der Waals surface area contributed by atoms with Crippen LogP contribution in [0.2, 0.25) is 0 Å². The van der Waals surface area contributed by atoms with Gasteiger partial charge in [0.05, 0.1) is 6.10 Å². The molecule has 5 heteroatoms. The number of nitrogens with one attached hydrogen (secondary N) is 2. The van der Waals surface area contributed by atoms with E-state index >= 15 is 0 Å². The molecule has 4 fully saturated rings. The number of hydrogen-bond donors (Lipinski definition) is 3. The van der Waals surface area contributed by atoms with Crippen molar-refractivity contribution in [2.45, 2.75) is 58.1 Å².